The molecule has 0 N–H and O–H groups in total. The molecule has 2 rings (SSSR count). The van der Waals surface area contributed by atoms with Gasteiger partial charge in [0.05, 0.1) is 18.5 Å². The highest BCUT2D eigenvalue weighted by Crippen LogP contribution is 2.23. The number of methoxy groups -OCH3 is 1. The SMILES string of the molecule is COC(=O)Cn1cnc2c(Cl)cc(Cl)nc21. The van der Waals surface area contributed by atoms with Gasteiger partial charge in [0, 0.05) is 0 Å². The molecular formula is C9H7Cl2N3O2. The summed E-state index contributed by atoms with van der Waals surface area (Å²) in [4.78, 5) is 19.2. The van der Waals surface area contributed by atoms with Gasteiger partial charge in [0.2, 0.25) is 0 Å². The molecule has 0 aliphatic heterocycles. The standard InChI is InChI=1S/C9H7Cl2N3O2/c1-16-7(15)3-14-4-12-8-5(10)2-6(11)13-9(8)14/h2,4H,3H2,1H3. The molecule has 0 amide bonds. The molecule has 84 valence electrons. The molecule has 5 nitrogen and oxygen atoms in total. The van der Waals surface area contributed by atoms with Crippen LogP contribution in [-0.2, 0) is 16.1 Å². The number of hydrogen-bond acceptors (Lipinski definition) is 4. The predicted molar refractivity (Wildman–Crippen MR) is 59.6 cm³/mol. The number of nitrogens with zero attached hydrogens (tertiary/aromatic N) is 3. The van der Waals surface area contributed by atoms with Crippen molar-refractivity contribution >= 4 is 40.3 Å². The maximum atomic E-state index is 11.1. The average Bonchev–Trinajstić information content (AvgIpc) is 2.61. The second kappa shape index (κ2) is 4.27. The summed E-state index contributed by atoms with van der Waals surface area (Å²) in [6.07, 6.45) is 1.47. The van der Waals surface area contributed by atoms with E-state index in [0.717, 1.165) is 0 Å². The summed E-state index contributed by atoms with van der Waals surface area (Å²) in [5.74, 6) is -0.391. The van der Waals surface area contributed by atoms with E-state index < -0.39 is 5.97 Å². The number of carbonyl (C=O) groups excluding carboxylic acids is 1. The van der Waals surface area contributed by atoms with Crippen molar-refractivity contribution in [2.24, 2.45) is 0 Å². The third-order valence-corrected chi connectivity index (χ3v) is 2.50. The molecule has 0 unspecified atom stereocenters. The van der Waals surface area contributed by atoms with Crippen LogP contribution in [0, 0.1) is 0 Å². The number of aromatic nitrogens is 3. The van der Waals surface area contributed by atoms with E-state index in [1.54, 1.807) is 0 Å². The minimum atomic E-state index is -0.391. The zero-order valence-electron chi connectivity index (χ0n) is 8.28. The fourth-order valence-corrected chi connectivity index (χ4v) is 1.77. The van der Waals surface area contributed by atoms with Crippen LogP contribution in [-0.4, -0.2) is 27.6 Å². The van der Waals surface area contributed by atoms with Crippen molar-refractivity contribution in [2.45, 2.75) is 6.54 Å². The van der Waals surface area contributed by atoms with Gasteiger partial charge >= 0.3 is 5.97 Å². The number of esters is 1. The fourth-order valence-electron chi connectivity index (χ4n) is 1.29. The van der Waals surface area contributed by atoms with E-state index in [-0.39, 0.29) is 11.7 Å². The van der Waals surface area contributed by atoms with Crippen LogP contribution in [0.3, 0.4) is 0 Å². The number of halogens is 2. The van der Waals surface area contributed by atoms with Gasteiger partial charge in [-0.25, -0.2) is 9.97 Å². The van der Waals surface area contributed by atoms with Crippen molar-refractivity contribution in [2.75, 3.05) is 7.11 Å². The third kappa shape index (κ3) is 1.96. The smallest absolute Gasteiger partial charge is 0.325 e. The van der Waals surface area contributed by atoms with Gasteiger partial charge < -0.3 is 9.30 Å². The summed E-state index contributed by atoms with van der Waals surface area (Å²) in [6.45, 7) is 0.0245. The second-order valence-electron chi connectivity index (χ2n) is 3.05. The molecular weight excluding hydrogens is 253 g/mol. The first-order valence-electron chi connectivity index (χ1n) is 4.35. The monoisotopic (exact) mass is 259 g/mol. The molecule has 2 heterocycles. The normalized spacial score (nSPS) is 10.7. The fraction of sp³-hybridized carbons (Fsp3) is 0.222. The molecule has 0 spiro atoms. The number of imidazole rings is 1. The summed E-state index contributed by atoms with van der Waals surface area (Å²) < 4.78 is 6.08. The number of pyridine rings is 1. The Labute approximate surface area is 101 Å². The Morgan fingerprint density at radius 3 is 3.00 bits per heavy atom. The highest BCUT2D eigenvalue weighted by atomic mass is 35.5. The molecule has 0 aliphatic rings. The quantitative estimate of drug-likeness (QED) is 0.611. The molecule has 0 saturated carbocycles. The summed E-state index contributed by atoms with van der Waals surface area (Å²) in [7, 11) is 1.31. The molecule has 2 aromatic rings. The van der Waals surface area contributed by atoms with Crippen LogP contribution in [0.4, 0.5) is 0 Å². The molecule has 7 heteroatoms. The Balaban J connectivity index is 2.51. The van der Waals surface area contributed by atoms with E-state index in [2.05, 4.69) is 14.7 Å². The number of fused-ring (bicyclic) bond motifs is 1. The van der Waals surface area contributed by atoms with Crippen molar-refractivity contribution in [3.8, 4) is 0 Å². The van der Waals surface area contributed by atoms with Gasteiger partial charge in [-0.1, -0.05) is 23.2 Å². The lowest BCUT2D eigenvalue weighted by molar-refractivity contribution is -0.141. The van der Waals surface area contributed by atoms with Crippen LogP contribution in [0.5, 0.6) is 0 Å². The first-order chi connectivity index (χ1) is 7.61. The Kier molecular flexibility index (Phi) is 2.98. The maximum absolute atomic E-state index is 11.1. The van der Waals surface area contributed by atoms with Crippen LogP contribution in [0.25, 0.3) is 11.2 Å². The Hall–Kier alpha value is -1.33. The number of ether oxygens (including phenoxy) is 1. The van der Waals surface area contributed by atoms with Gasteiger partial charge in [-0.3, -0.25) is 4.79 Å². The Morgan fingerprint density at radius 2 is 2.31 bits per heavy atom. The van der Waals surface area contributed by atoms with Gasteiger partial charge in [-0.2, -0.15) is 0 Å². The molecule has 2 aromatic heterocycles. The van der Waals surface area contributed by atoms with Gasteiger partial charge in [-0.15, -0.1) is 0 Å². The number of carbonyl (C=O) groups is 1. The summed E-state index contributed by atoms with van der Waals surface area (Å²) in [5, 5.41) is 0.655. The molecule has 0 fully saturated rings. The van der Waals surface area contributed by atoms with E-state index in [4.69, 9.17) is 23.2 Å². The molecule has 16 heavy (non-hydrogen) atoms. The van der Waals surface area contributed by atoms with Gasteiger partial charge in [0.1, 0.15) is 17.2 Å². The largest absolute Gasteiger partial charge is 0.468 e. The van der Waals surface area contributed by atoms with Crippen molar-refractivity contribution in [3.63, 3.8) is 0 Å². The molecule has 0 saturated heterocycles. The zero-order valence-corrected chi connectivity index (χ0v) is 9.79. The highest BCUT2D eigenvalue weighted by molar-refractivity contribution is 6.37. The van der Waals surface area contributed by atoms with Crippen molar-refractivity contribution < 1.29 is 9.53 Å². The number of rotatable bonds is 2. The van der Waals surface area contributed by atoms with Crippen LogP contribution in [0.2, 0.25) is 10.2 Å². The van der Waals surface area contributed by atoms with E-state index in [9.17, 15) is 4.79 Å². The molecule has 0 bridgehead atoms. The Morgan fingerprint density at radius 1 is 1.56 bits per heavy atom. The third-order valence-electron chi connectivity index (χ3n) is 2.02. The van der Waals surface area contributed by atoms with Crippen LogP contribution in [0.1, 0.15) is 0 Å². The Bertz CT molecular complexity index is 553. The minimum absolute atomic E-state index is 0.0245. The maximum Gasteiger partial charge on any atom is 0.325 e. The highest BCUT2D eigenvalue weighted by Gasteiger charge is 2.11. The van der Waals surface area contributed by atoms with Crippen molar-refractivity contribution in [1.29, 1.82) is 0 Å². The summed E-state index contributed by atoms with van der Waals surface area (Å²) in [5.41, 5.74) is 0.970. The zero-order chi connectivity index (χ0) is 11.7. The lowest BCUT2D eigenvalue weighted by Crippen LogP contribution is -2.10. The van der Waals surface area contributed by atoms with Crippen LogP contribution in [0.15, 0.2) is 12.4 Å². The second-order valence-corrected chi connectivity index (χ2v) is 3.84. The van der Waals surface area contributed by atoms with Gasteiger partial charge in [0.25, 0.3) is 0 Å². The molecule has 0 atom stereocenters. The minimum Gasteiger partial charge on any atom is -0.468 e. The topological polar surface area (TPSA) is 57.0 Å². The van der Waals surface area contributed by atoms with E-state index in [0.29, 0.717) is 16.2 Å². The van der Waals surface area contributed by atoms with Crippen molar-refractivity contribution in [3.05, 3.63) is 22.6 Å². The van der Waals surface area contributed by atoms with Crippen LogP contribution < -0.4 is 0 Å². The van der Waals surface area contributed by atoms with Gasteiger partial charge in [0.15, 0.2) is 5.65 Å². The molecule has 0 aliphatic carbocycles. The van der Waals surface area contributed by atoms with E-state index in [1.165, 1.54) is 24.1 Å². The average molecular weight is 260 g/mol. The molecule has 0 radical (unpaired) electrons. The van der Waals surface area contributed by atoms with E-state index in [1.807, 2.05) is 0 Å². The summed E-state index contributed by atoms with van der Waals surface area (Å²) >= 11 is 11.7. The summed E-state index contributed by atoms with van der Waals surface area (Å²) in [6, 6.07) is 1.50. The molecule has 0 aromatic carbocycles. The lowest BCUT2D eigenvalue weighted by atomic mass is 10.4. The van der Waals surface area contributed by atoms with Crippen LogP contribution >= 0.6 is 23.2 Å². The number of hydrogen-bond donors (Lipinski definition) is 0. The lowest BCUT2D eigenvalue weighted by Gasteiger charge is -2.02. The van der Waals surface area contributed by atoms with Crippen molar-refractivity contribution in [1.82, 2.24) is 14.5 Å². The first kappa shape index (κ1) is 11.2. The predicted octanol–water partition coefficient (Wildman–Crippen LogP) is 1.91. The van der Waals surface area contributed by atoms with E-state index >= 15 is 0 Å². The van der Waals surface area contributed by atoms with Gasteiger partial charge in [-0.05, 0) is 6.07 Å². The first-order valence-corrected chi connectivity index (χ1v) is 5.11.